The van der Waals surface area contributed by atoms with Gasteiger partial charge in [-0.3, -0.25) is 4.79 Å². The SMILES string of the molecule is CCCC(O)CNC(=O)c1sccc1COC. The van der Waals surface area contributed by atoms with E-state index in [1.54, 1.807) is 7.11 Å². The van der Waals surface area contributed by atoms with Gasteiger partial charge >= 0.3 is 0 Å². The summed E-state index contributed by atoms with van der Waals surface area (Å²) in [6, 6.07) is 1.88. The molecule has 1 aromatic heterocycles. The largest absolute Gasteiger partial charge is 0.391 e. The number of methoxy groups -OCH3 is 1. The molecule has 96 valence electrons. The minimum Gasteiger partial charge on any atom is -0.391 e. The number of nitrogens with one attached hydrogen (secondary N) is 1. The zero-order valence-electron chi connectivity index (χ0n) is 10.2. The fourth-order valence-corrected chi connectivity index (χ4v) is 2.36. The molecule has 0 aromatic carbocycles. The van der Waals surface area contributed by atoms with E-state index >= 15 is 0 Å². The Morgan fingerprint density at radius 3 is 3.06 bits per heavy atom. The lowest BCUT2D eigenvalue weighted by Gasteiger charge is -2.10. The summed E-state index contributed by atoms with van der Waals surface area (Å²) in [5, 5.41) is 14.1. The molecular formula is C12H19NO3S. The highest BCUT2D eigenvalue weighted by Gasteiger charge is 2.13. The van der Waals surface area contributed by atoms with Gasteiger partial charge in [-0.2, -0.15) is 0 Å². The van der Waals surface area contributed by atoms with Crippen LogP contribution in [0.3, 0.4) is 0 Å². The lowest BCUT2D eigenvalue weighted by molar-refractivity contribution is 0.0910. The van der Waals surface area contributed by atoms with Crippen molar-refractivity contribution in [2.75, 3.05) is 13.7 Å². The molecule has 0 spiro atoms. The molecule has 0 aliphatic heterocycles. The average Bonchev–Trinajstić information content (AvgIpc) is 2.75. The summed E-state index contributed by atoms with van der Waals surface area (Å²) in [4.78, 5) is 12.5. The monoisotopic (exact) mass is 257 g/mol. The molecule has 0 saturated heterocycles. The maximum atomic E-state index is 11.8. The predicted molar refractivity (Wildman–Crippen MR) is 68.3 cm³/mol. The van der Waals surface area contributed by atoms with Gasteiger partial charge in [0.1, 0.15) is 0 Å². The third-order valence-corrected chi connectivity index (χ3v) is 3.33. The van der Waals surface area contributed by atoms with Gasteiger partial charge in [0.05, 0.1) is 17.6 Å². The van der Waals surface area contributed by atoms with Crippen molar-refractivity contribution in [1.82, 2.24) is 5.32 Å². The predicted octanol–water partition coefficient (Wildman–Crippen LogP) is 1.79. The molecule has 1 atom stereocenters. The highest BCUT2D eigenvalue weighted by Crippen LogP contribution is 2.17. The lowest BCUT2D eigenvalue weighted by Crippen LogP contribution is -2.32. The summed E-state index contributed by atoms with van der Waals surface area (Å²) in [7, 11) is 1.60. The molecular weight excluding hydrogens is 238 g/mol. The Morgan fingerprint density at radius 2 is 2.41 bits per heavy atom. The van der Waals surface area contributed by atoms with Crippen LogP contribution in [-0.2, 0) is 11.3 Å². The van der Waals surface area contributed by atoms with Gasteiger partial charge in [0.2, 0.25) is 0 Å². The minimum absolute atomic E-state index is 0.137. The molecule has 5 heteroatoms. The van der Waals surface area contributed by atoms with Crippen molar-refractivity contribution in [3.8, 4) is 0 Å². The molecule has 0 aliphatic rings. The van der Waals surface area contributed by atoms with Gasteiger partial charge in [0, 0.05) is 19.2 Å². The molecule has 0 bridgehead atoms. The molecule has 1 aromatic rings. The van der Waals surface area contributed by atoms with Crippen LogP contribution in [0, 0.1) is 0 Å². The first-order chi connectivity index (χ1) is 8.19. The van der Waals surface area contributed by atoms with E-state index in [9.17, 15) is 9.90 Å². The molecule has 0 fully saturated rings. The summed E-state index contributed by atoms with van der Waals surface area (Å²) in [5.74, 6) is -0.137. The number of aliphatic hydroxyl groups is 1. The average molecular weight is 257 g/mol. The number of thiophene rings is 1. The third-order valence-electron chi connectivity index (χ3n) is 2.37. The molecule has 0 saturated carbocycles. The standard InChI is InChI=1S/C12H19NO3S/c1-3-4-10(14)7-13-12(15)11-9(8-16-2)5-6-17-11/h5-6,10,14H,3-4,7-8H2,1-2H3,(H,13,15). The van der Waals surface area contributed by atoms with E-state index in [4.69, 9.17) is 4.74 Å². The van der Waals surface area contributed by atoms with Crippen LogP contribution in [0.1, 0.15) is 35.0 Å². The molecule has 0 aliphatic carbocycles. The zero-order chi connectivity index (χ0) is 12.7. The maximum Gasteiger partial charge on any atom is 0.261 e. The summed E-state index contributed by atoms with van der Waals surface area (Å²) in [5.41, 5.74) is 0.889. The number of rotatable bonds is 7. The van der Waals surface area contributed by atoms with Crippen LogP contribution in [0.15, 0.2) is 11.4 Å². The van der Waals surface area contributed by atoms with Crippen molar-refractivity contribution in [2.45, 2.75) is 32.5 Å². The Balaban J connectivity index is 2.49. The summed E-state index contributed by atoms with van der Waals surface area (Å²) >= 11 is 1.39. The van der Waals surface area contributed by atoms with E-state index in [0.717, 1.165) is 12.0 Å². The number of carbonyl (C=O) groups excluding carboxylic acids is 1. The highest BCUT2D eigenvalue weighted by molar-refractivity contribution is 7.12. The van der Waals surface area contributed by atoms with Gasteiger partial charge in [-0.1, -0.05) is 13.3 Å². The van der Waals surface area contributed by atoms with Crippen molar-refractivity contribution in [2.24, 2.45) is 0 Å². The van der Waals surface area contributed by atoms with Gasteiger partial charge in [-0.25, -0.2) is 0 Å². The molecule has 0 radical (unpaired) electrons. The van der Waals surface area contributed by atoms with Crippen LogP contribution in [0.4, 0.5) is 0 Å². The van der Waals surface area contributed by atoms with E-state index in [1.807, 2.05) is 18.4 Å². The summed E-state index contributed by atoms with van der Waals surface area (Å²) < 4.78 is 5.02. The van der Waals surface area contributed by atoms with Crippen LogP contribution in [0.2, 0.25) is 0 Å². The first kappa shape index (κ1) is 14.2. The number of ether oxygens (including phenoxy) is 1. The van der Waals surface area contributed by atoms with Crippen LogP contribution in [-0.4, -0.2) is 30.8 Å². The van der Waals surface area contributed by atoms with Crippen LogP contribution >= 0.6 is 11.3 Å². The Kier molecular flexibility index (Phi) is 6.18. The Labute approximate surface area is 106 Å². The lowest BCUT2D eigenvalue weighted by atomic mass is 10.2. The Hall–Kier alpha value is -0.910. The number of amides is 1. The minimum atomic E-state index is -0.463. The Morgan fingerprint density at radius 1 is 1.65 bits per heavy atom. The van der Waals surface area contributed by atoms with Gasteiger partial charge in [-0.15, -0.1) is 11.3 Å². The first-order valence-electron chi connectivity index (χ1n) is 5.70. The summed E-state index contributed by atoms with van der Waals surface area (Å²) in [6.45, 7) is 2.74. The van der Waals surface area contributed by atoms with Crippen LogP contribution in [0.5, 0.6) is 0 Å². The second kappa shape index (κ2) is 7.42. The Bertz CT molecular complexity index is 351. The fraction of sp³-hybridized carbons (Fsp3) is 0.583. The topological polar surface area (TPSA) is 58.6 Å². The molecule has 1 amide bonds. The molecule has 4 nitrogen and oxygen atoms in total. The van der Waals surface area contributed by atoms with E-state index in [-0.39, 0.29) is 5.91 Å². The van der Waals surface area contributed by atoms with Crippen molar-refractivity contribution in [3.05, 3.63) is 21.9 Å². The number of hydrogen-bond acceptors (Lipinski definition) is 4. The van der Waals surface area contributed by atoms with Crippen molar-refractivity contribution in [3.63, 3.8) is 0 Å². The second-order valence-corrected chi connectivity index (χ2v) is 4.78. The first-order valence-corrected chi connectivity index (χ1v) is 6.58. The fourth-order valence-electron chi connectivity index (χ4n) is 1.53. The van der Waals surface area contributed by atoms with Crippen LogP contribution < -0.4 is 5.32 Å². The van der Waals surface area contributed by atoms with E-state index in [1.165, 1.54) is 11.3 Å². The normalized spacial score (nSPS) is 12.4. The third kappa shape index (κ3) is 4.46. The quantitative estimate of drug-likeness (QED) is 0.783. The van der Waals surface area contributed by atoms with Crippen molar-refractivity contribution in [1.29, 1.82) is 0 Å². The smallest absolute Gasteiger partial charge is 0.261 e. The van der Waals surface area contributed by atoms with E-state index < -0.39 is 6.10 Å². The second-order valence-electron chi connectivity index (χ2n) is 3.86. The molecule has 2 N–H and O–H groups in total. The van der Waals surface area contributed by atoms with Crippen LogP contribution in [0.25, 0.3) is 0 Å². The van der Waals surface area contributed by atoms with Gasteiger partial charge in [-0.05, 0) is 17.9 Å². The highest BCUT2D eigenvalue weighted by atomic mass is 32.1. The van der Waals surface area contributed by atoms with Crippen molar-refractivity contribution >= 4 is 17.2 Å². The van der Waals surface area contributed by atoms with Crippen molar-refractivity contribution < 1.29 is 14.6 Å². The van der Waals surface area contributed by atoms with Gasteiger partial charge < -0.3 is 15.2 Å². The van der Waals surface area contributed by atoms with E-state index in [0.29, 0.717) is 24.4 Å². The summed E-state index contributed by atoms with van der Waals surface area (Å²) in [6.07, 6.45) is 1.15. The van der Waals surface area contributed by atoms with Gasteiger partial charge in [0.15, 0.2) is 0 Å². The van der Waals surface area contributed by atoms with Gasteiger partial charge in [0.25, 0.3) is 5.91 Å². The maximum absolute atomic E-state index is 11.8. The molecule has 1 heterocycles. The number of aliphatic hydroxyl groups excluding tert-OH is 1. The molecule has 1 unspecified atom stereocenters. The molecule has 1 rings (SSSR count). The zero-order valence-corrected chi connectivity index (χ0v) is 11.0. The van der Waals surface area contributed by atoms with E-state index in [2.05, 4.69) is 5.32 Å². The number of hydrogen-bond donors (Lipinski definition) is 2. The molecule has 17 heavy (non-hydrogen) atoms. The number of carbonyl (C=O) groups is 1.